The molecule has 0 radical (unpaired) electrons. The molecule has 25 heavy (non-hydrogen) atoms. The number of hydrogen-bond acceptors (Lipinski definition) is 3. The lowest BCUT2D eigenvalue weighted by molar-refractivity contribution is -0.133. The van der Waals surface area contributed by atoms with Crippen LogP contribution in [-0.2, 0) is 36.9 Å². The largest absolute Gasteiger partial charge is 0.464 e. The molecule has 1 aromatic heterocycles. The van der Waals surface area contributed by atoms with E-state index >= 15 is 0 Å². The van der Waals surface area contributed by atoms with Gasteiger partial charge in [0, 0.05) is 10.9 Å². The summed E-state index contributed by atoms with van der Waals surface area (Å²) >= 11 is 0. The third kappa shape index (κ3) is 2.64. The van der Waals surface area contributed by atoms with Crippen molar-refractivity contribution in [2.45, 2.75) is 44.9 Å². The van der Waals surface area contributed by atoms with Crippen LogP contribution in [0.3, 0.4) is 0 Å². The Morgan fingerprint density at radius 3 is 2.48 bits per heavy atom. The molecule has 2 aliphatic carbocycles. The number of aryl methyl sites for hydroxylation is 4. The van der Waals surface area contributed by atoms with E-state index in [9.17, 15) is 4.79 Å². The molecule has 0 saturated carbocycles. The van der Waals surface area contributed by atoms with Crippen molar-refractivity contribution in [2.75, 3.05) is 0 Å². The zero-order valence-corrected chi connectivity index (χ0v) is 14.1. The molecule has 1 heterocycles. The molecular weight excluding hydrogens is 312 g/mol. The van der Waals surface area contributed by atoms with Crippen LogP contribution < -0.4 is 4.74 Å². The zero-order chi connectivity index (χ0) is 16.8. The Morgan fingerprint density at radius 2 is 1.64 bits per heavy atom. The molecule has 3 nitrogen and oxygen atoms in total. The van der Waals surface area contributed by atoms with Crippen LogP contribution in [0, 0.1) is 0 Å². The molecule has 126 valence electrons. The second-order valence-corrected chi connectivity index (χ2v) is 7.17. The molecule has 0 amide bonds. The Hall–Kier alpha value is -2.55. The molecular formula is C22H20O3. The Labute approximate surface area is 146 Å². The minimum atomic E-state index is -0.235. The molecule has 2 aromatic carbocycles. The first kappa shape index (κ1) is 14.8. The number of hydrogen-bond donors (Lipinski definition) is 0. The van der Waals surface area contributed by atoms with Gasteiger partial charge in [0.15, 0.2) is 0 Å². The molecule has 0 saturated heterocycles. The monoisotopic (exact) mass is 332 g/mol. The van der Waals surface area contributed by atoms with E-state index in [1.165, 1.54) is 35.1 Å². The normalized spacial score (nSPS) is 15.4. The third-order valence-electron chi connectivity index (χ3n) is 5.50. The summed E-state index contributed by atoms with van der Waals surface area (Å²) in [4.78, 5) is 12.4. The first-order chi connectivity index (χ1) is 12.3. The molecule has 0 spiro atoms. The maximum atomic E-state index is 12.4. The van der Waals surface area contributed by atoms with Crippen LogP contribution in [0.15, 0.2) is 41.0 Å². The minimum Gasteiger partial charge on any atom is -0.464 e. The fourth-order valence-corrected chi connectivity index (χ4v) is 4.22. The Kier molecular flexibility index (Phi) is 3.40. The van der Waals surface area contributed by atoms with Crippen molar-refractivity contribution in [3.05, 3.63) is 64.4 Å². The van der Waals surface area contributed by atoms with Gasteiger partial charge >= 0.3 is 5.97 Å². The first-order valence-corrected chi connectivity index (χ1v) is 9.10. The highest BCUT2D eigenvalue weighted by atomic mass is 16.5. The summed E-state index contributed by atoms with van der Waals surface area (Å²) in [6, 6.07) is 10.3. The second-order valence-electron chi connectivity index (χ2n) is 7.17. The van der Waals surface area contributed by atoms with Crippen molar-refractivity contribution in [1.82, 2.24) is 0 Å². The quantitative estimate of drug-likeness (QED) is 0.521. The van der Waals surface area contributed by atoms with Crippen LogP contribution in [0.4, 0.5) is 0 Å². The van der Waals surface area contributed by atoms with E-state index in [2.05, 4.69) is 18.2 Å². The number of fused-ring (bicyclic) bond motifs is 3. The summed E-state index contributed by atoms with van der Waals surface area (Å²) in [5, 5.41) is 1.05. The number of carbonyl (C=O) groups excluding carboxylic acids is 1. The van der Waals surface area contributed by atoms with E-state index in [1.54, 1.807) is 6.26 Å². The molecule has 3 heteroatoms. The fourth-order valence-electron chi connectivity index (χ4n) is 4.22. The van der Waals surface area contributed by atoms with Crippen molar-refractivity contribution in [3.63, 3.8) is 0 Å². The van der Waals surface area contributed by atoms with Crippen molar-refractivity contribution >= 4 is 16.9 Å². The van der Waals surface area contributed by atoms with Gasteiger partial charge in [-0.3, -0.25) is 4.79 Å². The maximum Gasteiger partial charge on any atom is 0.315 e. The Morgan fingerprint density at radius 1 is 0.920 bits per heavy atom. The highest BCUT2D eigenvalue weighted by molar-refractivity contribution is 5.87. The van der Waals surface area contributed by atoms with Gasteiger partial charge in [0.2, 0.25) is 0 Å². The lowest BCUT2D eigenvalue weighted by Gasteiger charge is -2.06. The van der Waals surface area contributed by atoms with Gasteiger partial charge in [-0.25, -0.2) is 0 Å². The summed E-state index contributed by atoms with van der Waals surface area (Å²) in [6.45, 7) is 0. The number of furan rings is 1. The van der Waals surface area contributed by atoms with Gasteiger partial charge in [-0.1, -0.05) is 6.07 Å². The van der Waals surface area contributed by atoms with Gasteiger partial charge in [0.05, 0.1) is 12.7 Å². The molecule has 0 unspecified atom stereocenters. The van der Waals surface area contributed by atoms with Crippen LogP contribution in [0.2, 0.25) is 0 Å². The van der Waals surface area contributed by atoms with Crippen molar-refractivity contribution < 1.29 is 13.9 Å². The standard InChI is InChI=1S/C22H20O3/c23-22(25-19-8-7-14-3-1-4-15(14)9-19)12-18-13-24-21-11-17-6-2-5-16(17)10-20(18)21/h7-11,13H,1-6,12H2. The molecule has 0 N–H and O–H groups in total. The third-order valence-corrected chi connectivity index (χ3v) is 5.50. The van der Waals surface area contributed by atoms with Gasteiger partial charge in [0.25, 0.3) is 0 Å². The fraction of sp³-hybridized carbons (Fsp3) is 0.318. The predicted molar refractivity (Wildman–Crippen MR) is 96.0 cm³/mol. The van der Waals surface area contributed by atoms with Gasteiger partial charge in [-0.15, -0.1) is 0 Å². The topological polar surface area (TPSA) is 39.4 Å². The number of rotatable bonds is 3. The van der Waals surface area contributed by atoms with Crippen LogP contribution in [-0.4, -0.2) is 5.97 Å². The lowest BCUT2D eigenvalue weighted by Crippen LogP contribution is -2.11. The van der Waals surface area contributed by atoms with E-state index in [-0.39, 0.29) is 12.4 Å². The molecule has 0 atom stereocenters. The van der Waals surface area contributed by atoms with E-state index in [1.807, 2.05) is 12.1 Å². The number of benzene rings is 2. The smallest absolute Gasteiger partial charge is 0.315 e. The number of esters is 1. The van der Waals surface area contributed by atoms with E-state index in [0.717, 1.165) is 42.2 Å². The van der Waals surface area contributed by atoms with E-state index in [4.69, 9.17) is 9.15 Å². The van der Waals surface area contributed by atoms with Crippen LogP contribution in [0.1, 0.15) is 40.7 Å². The minimum absolute atomic E-state index is 0.235. The molecule has 0 aliphatic heterocycles. The SMILES string of the molecule is O=C(Cc1coc2cc3c(cc12)CCC3)Oc1ccc2c(c1)CCC2. The number of carbonyl (C=O) groups is 1. The summed E-state index contributed by atoms with van der Waals surface area (Å²) in [7, 11) is 0. The number of ether oxygens (including phenoxy) is 1. The summed E-state index contributed by atoms with van der Waals surface area (Å²) in [5.74, 6) is 0.417. The molecule has 0 bridgehead atoms. The van der Waals surface area contributed by atoms with Crippen molar-refractivity contribution in [1.29, 1.82) is 0 Å². The van der Waals surface area contributed by atoms with E-state index in [0.29, 0.717) is 5.75 Å². The van der Waals surface area contributed by atoms with Crippen molar-refractivity contribution in [3.8, 4) is 5.75 Å². The Balaban J connectivity index is 1.36. The van der Waals surface area contributed by atoms with E-state index < -0.39 is 0 Å². The van der Waals surface area contributed by atoms with Gasteiger partial charge in [0.1, 0.15) is 11.3 Å². The van der Waals surface area contributed by atoms with Crippen LogP contribution >= 0.6 is 0 Å². The summed E-state index contributed by atoms with van der Waals surface area (Å²) < 4.78 is 11.3. The van der Waals surface area contributed by atoms with Gasteiger partial charge < -0.3 is 9.15 Å². The highest BCUT2D eigenvalue weighted by Gasteiger charge is 2.18. The molecule has 2 aliphatic rings. The molecule has 3 aromatic rings. The lowest BCUT2D eigenvalue weighted by atomic mass is 10.0. The summed E-state index contributed by atoms with van der Waals surface area (Å²) in [5.41, 5.74) is 7.26. The van der Waals surface area contributed by atoms with Crippen molar-refractivity contribution in [2.24, 2.45) is 0 Å². The molecule has 0 fully saturated rings. The second kappa shape index (κ2) is 5.76. The highest BCUT2D eigenvalue weighted by Crippen LogP contribution is 2.31. The van der Waals surface area contributed by atoms with Gasteiger partial charge in [-0.2, -0.15) is 0 Å². The average molecular weight is 332 g/mol. The van der Waals surface area contributed by atoms with Crippen LogP contribution in [0.5, 0.6) is 5.75 Å². The van der Waals surface area contributed by atoms with Crippen LogP contribution in [0.25, 0.3) is 11.0 Å². The Bertz CT molecular complexity index is 980. The molecule has 5 rings (SSSR count). The van der Waals surface area contributed by atoms with Gasteiger partial charge in [-0.05, 0) is 85.0 Å². The first-order valence-electron chi connectivity index (χ1n) is 9.10. The maximum absolute atomic E-state index is 12.4. The average Bonchev–Trinajstić information content (AvgIpc) is 3.32. The summed E-state index contributed by atoms with van der Waals surface area (Å²) in [6.07, 6.45) is 8.80. The zero-order valence-electron chi connectivity index (χ0n) is 14.1. The predicted octanol–water partition coefficient (Wildman–Crippen LogP) is 4.56.